The Hall–Kier alpha value is -4.46. The second kappa shape index (κ2) is 23.4. The highest BCUT2D eigenvalue weighted by molar-refractivity contribution is 7.17. The lowest BCUT2D eigenvalue weighted by Crippen LogP contribution is -2.46. The van der Waals surface area contributed by atoms with Crippen LogP contribution in [0.3, 0.4) is 0 Å². The van der Waals surface area contributed by atoms with E-state index < -0.39 is 0 Å². The zero-order chi connectivity index (χ0) is 37.6. The molecule has 7 heteroatoms. The van der Waals surface area contributed by atoms with Crippen LogP contribution in [0, 0.1) is 0 Å². The van der Waals surface area contributed by atoms with Crippen LogP contribution in [0.2, 0.25) is 0 Å². The molecular formula is C47H59N3O3S. The summed E-state index contributed by atoms with van der Waals surface area (Å²) < 4.78 is 8.77. The van der Waals surface area contributed by atoms with Crippen molar-refractivity contribution in [2.45, 2.75) is 84.0 Å². The molecule has 0 aliphatic carbocycles. The fraction of sp³-hybridized carbons (Fsp3) is 0.404. The summed E-state index contributed by atoms with van der Waals surface area (Å²) in [7, 11) is 0. The van der Waals surface area contributed by atoms with Gasteiger partial charge in [0.2, 0.25) is 5.91 Å². The minimum Gasteiger partial charge on any atom is -0.494 e. The van der Waals surface area contributed by atoms with E-state index in [2.05, 4.69) is 101 Å². The van der Waals surface area contributed by atoms with Crippen LogP contribution >= 0.6 is 11.3 Å². The normalized spacial score (nSPS) is 14.4. The first kappa shape index (κ1) is 40.7. The van der Waals surface area contributed by atoms with Gasteiger partial charge in [-0.15, -0.1) is 11.3 Å². The summed E-state index contributed by atoms with van der Waals surface area (Å²) in [4.78, 5) is 31.1. The van der Waals surface area contributed by atoms with E-state index in [1.165, 1.54) is 52.1 Å². The number of thiophene rings is 1. The van der Waals surface area contributed by atoms with Crippen molar-refractivity contribution in [1.82, 2.24) is 9.47 Å². The third-order valence-corrected chi connectivity index (χ3v) is 10.7. The molecule has 0 amide bonds. The van der Waals surface area contributed by atoms with Gasteiger partial charge in [0.1, 0.15) is 5.75 Å². The number of hydrogen-bond acceptors (Lipinski definition) is 6. The van der Waals surface area contributed by atoms with Crippen LogP contribution in [0.25, 0.3) is 21.0 Å². The number of benzene rings is 2. The zero-order valence-electron chi connectivity index (χ0n) is 32.2. The van der Waals surface area contributed by atoms with Gasteiger partial charge in [0.25, 0.3) is 5.56 Å². The summed E-state index contributed by atoms with van der Waals surface area (Å²) in [6, 6.07) is 17.8. The maximum atomic E-state index is 13.2. The number of nitrogens with zero attached hydrogens (tertiary/aromatic N) is 3. The van der Waals surface area contributed by atoms with Crippen LogP contribution in [0.1, 0.15) is 88.8 Å². The van der Waals surface area contributed by atoms with Crippen LogP contribution in [0.4, 0.5) is 5.69 Å². The molecule has 0 radical (unpaired) electrons. The van der Waals surface area contributed by atoms with Gasteiger partial charge in [0.05, 0.1) is 12.1 Å². The van der Waals surface area contributed by atoms with E-state index in [4.69, 9.17) is 4.74 Å². The molecule has 0 spiro atoms. The number of piperazine rings is 1. The fourth-order valence-electron chi connectivity index (χ4n) is 6.80. The molecule has 0 atom stereocenters. The monoisotopic (exact) mass is 745 g/mol. The molecule has 1 saturated heterocycles. The van der Waals surface area contributed by atoms with Gasteiger partial charge in [0, 0.05) is 60.5 Å². The molecule has 0 N–H and O–H groups in total. The maximum Gasteiger partial charge on any atom is 0.257 e. The van der Waals surface area contributed by atoms with Crippen LogP contribution in [0.5, 0.6) is 5.75 Å². The lowest BCUT2D eigenvalue weighted by molar-refractivity contribution is 0.0905. The lowest BCUT2D eigenvalue weighted by atomic mass is 10.1. The number of aromatic nitrogens is 1. The average Bonchev–Trinajstić information content (AvgIpc) is 3.68. The number of pyridine rings is 1. The highest BCUT2D eigenvalue weighted by Crippen LogP contribution is 2.31. The summed E-state index contributed by atoms with van der Waals surface area (Å²) in [6.45, 7) is 8.13. The minimum atomic E-state index is -0.304. The Morgan fingerprint density at radius 1 is 0.741 bits per heavy atom. The molecule has 4 aromatic rings. The SMILES string of the molecule is CCCCC/C=C\C/C=C\C/C=C\C/C=C\C/C=C\CCC(=O)n1c(=O)ccc2ccc(OCCCCN3CCN(c4cccc5sccc45)CC3)cc21. The van der Waals surface area contributed by atoms with Crippen LogP contribution < -0.4 is 15.2 Å². The first-order chi connectivity index (χ1) is 26.6. The third kappa shape index (κ3) is 13.1. The Morgan fingerprint density at radius 3 is 2.15 bits per heavy atom. The van der Waals surface area contributed by atoms with Crippen molar-refractivity contribution >= 4 is 43.9 Å². The number of unbranched alkanes of at least 4 members (excludes halogenated alkanes) is 4. The number of anilines is 1. The summed E-state index contributed by atoms with van der Waals surface area (Å²) >= 11 is 1.81. The molecular weight excluding hydrogens is 687 g/mol. The van der Waals surface area contributed by atoms with Crippen molar-refractivity contribution in [2.24, 2.45) is 0 Å². The molecule has 2 aromatic heterocycles. The smallest absolute Gasteiger partial charge is 0.257 e. The number of carbonyl (C=O) groups excluding carboxylic acids is 1. The van der Waals surface area contributed by atoms with Gasteiger partial charge in [-0.3, -0.25) is 14.5 Å². The van der Waals surface area contributed by atoms with Gasteiger partial charge < -0.3 is 9.64 Å². The molecule has 54 heavy (non-hydrogen) atoms. The Bertz CT molecular complexity index is 1940. The standard InChI is InChI=1S/C47H59N3O3S/c1-2-3-4-5-6-7-8-9-10-11-12-13-14-15-16-17-18-19-20-26-46(51)50-44-39-41(29-27-40(44)28-30-47(50)52)53-37-22-21-32-48-33-35-49(36-34-48)43-24-23-25-45-42(43)31-38-54-45/h6-7,9-10,12-13,15-16,18-19,23-25,27-31,38-39H,2-5,8,11,14,17,20-22,26,32-37H2,1H3/b7-6-,10-9-,13-12-,16-15-,19-18-. The van der Waals surface area contributed by atoms with Crippen molar-refractivity contribution < 1.29 is 9.53 Å². The maximum absolute atomic E-state index is 13.2. The zero-order valence-corrected chi connectivity index (χ0v) is 33.1. The molecule has 1 fully saturated rings. The van der Waals surface area contributed by atoms with Crippen molar-refractivity contribution in [2.75, 3.05) is 44.2 Å². The van der Waals surface area contributed by atoms with Gasteiger partial charge in [0.15, 0.2) is 0 Å². The van der Waals surface area contributed by atoms with E-state index in [1.54, 1.807) is 17.4 Å². The van der Waals surface area contributed by atoms with Crippen LogP contribution in [0.15, 0.2) is 126 Å². The summed E-state index contributed by atoms with van der Waals surface area (Å²) in [5.41, 5.74) is 1.66. The molecule has 1 aliphatic heterocycles. The number of ether oxygens (including phenoxy) is 1. The highest BCUT2D eigenvalue weighted by Gasteiger charge is 2.18. The number of allylic oxidation sites excluding steroid dienone is 10. The summed E-state index contributed by atoms with van der Waals surface area (Å²) in [5.74, 6) is 0.488. The number of fused-ring (bicyclic) bond motifs is 2. The largest absolute Gasteiger partial charge is 0.494 e. The number of carbonyl (C=O) groups is 1. The van der Waals surface area contributed by atoms with Crippen molar-refractivity contribution in [3.63, 3.8) is 0 Å². The minimum absolute atomic E-state index is 0.197. The topological polar surface area (TPSA) is 54.8 Å². The van der Waals surface area contributed by atoms with Crippen LogP contribution in [-0.4, -0.2) is 54.7 Å². The van der Waals surface area contributed by atoms with Gasteiger partial charge in [-0.25, -0.2) is 4.57 Å². The molecule has 0 unspecified atom stereocenters. The molecule has 3 heterocycles. The van der Waals surface area contributed by atoms with Crippen molar-refractivity contribution in [3.8, 4) is 5.75 Å². The lowest BCUT2D eigenvalue weighted by Gasteiger charge is -2.36. The van der Waals surface area contributed by atoms with Gasteiger partial charge >= 0.3 is 0 Å². The van der Waals surface area contributed by atoms with E-state index in [-0.39, 0.29) is 17.9 Å². The van der Waals surface area contributed by atoms with Gasteiger partial charge in [-0.05, 0) is 111 Å². The van der Waals surface area contributed by atoms with Crippen molar-refractivity contribution in [3.05, 3.63) is 131 Å². The van der Waals surface area contributed by atoms with Gasteiger partial charge in [-0.2, -0.15) is 0 Å². The molecule has 5 rings (SSSR count). The average molecular weight is 746 g/mol. The van der Waals surface area contributed by atoms with Crippen molar-refractivity contribution in [1.29, 1.82) is 0 Å². The first-order valence-electron chi connectivity index (χ1n) is 20.1. The van der Waals surface area contributed by atoms with Gasteiger partial charge in [-0.1, -0.05) is 86.6 Å². The summed E-state index contributed by atoms with van der Waals surface area (Å²) in [5, 5.41) is 4.39. The Kier molecular flexibility index (Phi) is 17.6. The molecule has 2 aromatic carbocycles. The van der Waals surface area contributed by atoms with E-state index in [9.17, 15) is 9.59 Å². The Morgan fingerprint density at radius 2 is 1.43 bits per heavy atom. The summed E-state index contributed by atoms with van der Waals surface area (Å²) in [6.07, 6.45) is 33.5. The van der Waals surface area contributed by atoms with Crippen LogP contribution in [-0.2, 0) is 0 Å². The molecule has 6 nitrogen and oxygen atoms in total. The Labute approximate surface area is 326 Å². The Balaban J connectivity index is 0.965. The number of rotatable bonds is 22. The molecule has 0 bridgehead atoms. The second-order valence-electron chi connectivity index (χ2n) is 13.9. The quantitative estimate of drug-likeness (QED) is 0.0592. The molecule has 286 valence electrons. The van der Waals surface area contributed by atoms with E-state index in [0.29, 0.717) is 24.3 Å². The van der Waals surface area contributed by atoms with E-state index >= 15 is 0 Å². The predicted molar refractivity (Wildman–Crippen MR) is 232 cm³/mol. The predicted octanol–water partition coefficient (Wildman–Crippen LogP) is 11.5. The second-order valence-corrected chi connectivity index (χ2v) is 14.9. The van der Waals surface area contributed by atoms with E-state index in [1.807, 2.05) is 24.3 Å². The van der Waals surface area contributed by atoms with E-state index in [0.717, 1.165) is 76.6 Å². The highest BCUT2D eigenvalue weighted by atomic mass is 32.1. The number of hydrogen-bond donors (Lipinski definition) is 0. The molecule has 0 saturated carbocycles. The fourth-order valence-corrected chi connectivity index (χ4v) is 7.61. The first-order valence-corrected chi connectivity index (χ1v) is 21.0. The molecule has 1 aliphatic rings. The third-order valence-electron chi connectivity index (χ3n) is 9.86.